The fourth-order valence-corrected chi connectivity index (χ4v) is 4.68. The standard InChI is InChI=1S/C26H21Cl2NO4S/c1-16-5-3-4-6-19(16)15-33-24-21(28)11-18(12-22(24)32-2)13-23-25(30)29(26(31)34-23)14-17-7-9-20(27)10-8-17/h3-13H,14-15H2,1-2H3/b23-13-. The molecule has 0 spiro atoms. The Labute approximate surface area is 212 Å². The minimum absolute atomic E-state index is 0.176. The molecule has 174 valence electrons. The lowest BCUT2D eigenvalue weighted by atomic mass is 10.1. The number of hydrogen-bond donors (Lipinski definition) is 0. The number of carbonyl (C=O) groups is 2. The van der Waals surface area contributed by atoms with Crippen LogP contribution in [0.4, 0.5) is 4.79 Å². The number of benzene rings is 3. The topological polar surface area (TPSA) is 55.8 Å². The molecule has 4 rings (SSSR count). The molecular weight excluding hydrogens is 493 g/mol. The summed E-state index contributed by atoms with van der Waals surface area (Å²) >= 11 is 13.3. The zero-order chi connectivity index (χ0) is 24.2. The van der Waals surface area contributed by atoms with Gasteiger partial charge in [0.15, 0.2) is 11.5 Å². The summed E-state index contributed by atoms with van der Waals surface area (Å²) in [5, 5.41) is 0.608. The highest BCUT2D eigenvalue weighted by atomic mass is 35.5. The monoisotopic (exact) mass is 513 g/mol. The van der Waals surface area contributed by atoms with Crippen LogP contribution in [0.1, 0.15) is 22.3 Å². The molecule has 1 fully saturated rings. The van der Waals surface area contributed by atoms with Crippen LogP contribution in [0.25, 0.3) is 6.08 Å². The van der Waals surface area contributed by atoms with Gasteiger partial charge < -0.3 is 9.47 Å². The van der Waals surface area contributed by atoms with Gasteiger partial charge >= 0.3 is 0 Å². The molecule has 0 aliphatic carbocycles. The Morgan fingerprint density at radius 1 is 1.03 bits per heavy atom. The van der Waals surface area contributed by atoms with E-state index in [0.29, 0.717) is 38.6 Å². The van der Waals surface area contributed by atoms with Crippen LogP contribution >= 0.6 is 35.0 Å². The van der Waals surface area contributed by atoms with Gasteiger partial charge in [0.1, 0.15) is 6.61 Å². The van der Waals surface area contributed by atoms with Crippen LogP contribution in [0.15, 0.2) is 65.6 Å². The van der Waals surface area contributed by atoms with Crippen molar-refractivity contribution in [2.45, 2.75) is 20.1 Å². The summed E-state index contributed by atoms with van der Waals surface area (Å²) in [6, 6.07) is 18.4. The highest BCUT2D eigenvalue weighted by molar-refractivity contribution is 8.18. The number of imide groups is 1. The van der Waals surface area contributed by atoms with Crippen LogP contribution in [-0.4, -0.2) is 23.2 Å². The molecule has 1 aliphatic heterocycles. The Hall–Kier alpha value is -2.93. The number of methoxy groups -OCH3 is 1. The number of thioether (sulfide) groups is 1. The van der Waals surface area contributed by atoms with Crippen molar-refractivity contribution in [1.29, 1.82) is 0 Å². The van der Waals surface area contributed by atoms with Gasteiger partial charge in [0, 0.05) is 5.02 Å². The van der Waals surface area contributed by atoms with E-state index >= 15 is 0 Å². The normalized spacial score (nSPS) is 14.7. The first-order chi connectivity index (χ1) is 16.4. The second kappa shape index (κ2) is 10.6. The highest BCUT2D eigenvalue weighted by Gasteiger charge is 2.35. The van der Waals surface area contributed by atoms with E-state index in [1.165, 1.54) is 12.0 Å². The second-order valence-electron chi connectivity index (χ2n) is 7.64. The van der Waals surface area contributed by atoms with Gasteiger partial charge in [-0.05, 0) is 71.3 Å². The molecule has 0 saturated carbocycles. The van der Waals surface area contributed by atoms with Gasteiger partial charge in [0.05, 0.1) is 23.6 Å². The van der Waals surface area contributed by atoms with Crippen molar-refractivity contribution >= 4 is 52.2 Å². The molecule has 1 saturated heterocycles. The molecule has 8 heteroatoms. The third-order valence-electron chi connectivity index (χ3n) is 5.31. The molecule has 2 amide bonds. The Balaban J connectivity index is 1.53. The summed E-state index contributed by atoms with van der Waals surface area (Å²) in [5.41, 5.74) is 3.59. The molecular formula is C26H21Cl2NO4S. The van der Waals surface area contributed by atoms with Gasteiger partial charge in [-0.15, -0.1) is 0 Å². The van der Waals surface area contributed by atoms with Gasteiger partial charge in [0.25, 0.3) is 11.1 Å². The molecule has 5 nitrogen and oxygen atoms in total. The van der Waals surface area contributed by atoms with Crippen LogP contribution in [0.2, 0.25) is 10.0 Å². The Kier molecular flexibility index (Phi) is 7.51. The average Bonchev–Trinajstić information content (AvgIpc) is 3.07. The van der Waals surface area contributed by atoms with Crippen molar-refractivity contribution in [3.63, 3.8) is 0 Å². The van der Waals surface area contributed by atoms with Crippen molar-refractivity contribution in [1.82, 2.24) is 4.90 Å². The molecule has 0 radical (unpaired) electrons. The van der Waals surface area contributed by atoms with Crippen LogP contribution in [0.5, 0.6) is 11.5 Å². The van der Waals surface area contributed by atoms with Crippen LogP contribution in [-0.2, 0) is 17.9 Å². The predicted molar refractivity (Wildman–Crippen MR) is 136 cm³/mol. The smallest absolute Gasteiger partial charge is 0.293 e. The largest absolute Gasteiger partial charge is 0.493 e. The highest BCUT2D eigenvalue weighted by Crippen LogP contribution is 2.39. The number of ether oxygens (including phenoxy) is 2. The molecule has 3 aromatic carbocycles. The molecule has 0 aromatic heterocycles. The maximum atomic E-state index is 12.9. The quantitative estimate of drug-likeness (QED) is 0.314. The van der Waals surface area contributed by atoms with E-state index in [1.807, 2.05) is 31.2 Å². The summed E-state index contributed by atoms with van der Waals surface area (Å²) < 4.78 is 11.4. The third-order valence-corrected chi connectivity index (χ3v) is 6.75. The minimum Gasteiger partial charge on any atom is -0.493 e. The molecule has 0 atom stereocenters. The van der Waals surface area contributed by atoms with Gasteiger partial charge in [-0.3, -0.25) is 14.5 Å². The molecule has 34 heavy (non-hydrogen) atoms. The van der Waals surface area contributed by atoms with Crippen molar-refractivity contribution < 1.29 is 19.1 Å². The van der Waals surface area contributed by atoms with E-state index in [2.05, 4.69) is 0 Å². The zero-order valence-corrected chi connectivity index (χ0v) is 20.8. The average molecular weight is 514 g/mol. The third kappa shape index (κ3) is 5.41. The first-order valence-corrected chi connectivity index (χ1v) is 12.0. The summed E-state index contributed by atoms with van der Waals surface area (Å²) in [6.07, 6.45) is 1.63. The van der Waals surface area contributed by atoms with Crippen molar-refractivity contribution in [2.24, 2.45) is 0 Å². The number of aryl methyl sites for hydroxylation is 1. The zero-order valence-electron chi connectivity index (χ0n) is 18.5. The van der Waals surface area contributed by atoms with Gasteiger partial charge in [-0.25, -0.2) is 0 Å². The van der Waals surface area contributed by atoms with Crippen LogP contribution in [0, 0.1) is 6.92 Å². The molecule has 1 heterocycles. The van der Waals surface area contributed by atoms with E-state index in [4.69, 9.17) is 32.7 Å². The molecule has 0 N–H and O–H groups in total. The molecule has 0 unspecified atom stereocenters. The first-order valence-electron chi connectivity index (χ1n) is 10.4. The predicted octanol–water partition coefficient (Wildman–Crippen LogP) is 7.13. The maximum Gasteiger partial charge on any atom is 0.293 e. The lowest BCUT2D eigenvalue weighted by Gasteiger charge is -2.14. The Morgan fingerprint density at radius 3 is 2.47 bits per heavy atom. The number of halogens is 2. The number of hydrogen-bond acceptors (Lipinski definition) is 5. The van der Waals surface area contributed by atoms with Crippen LogP contribution < -0.4 is 9.47 Å². The lowest BCUT2D eigenvalue weighted by molar-refractivity contribution is -0.123. The summed E-state index contributed by atoms with van der Waals surface area (Å²) in [5.74, 6) is 0.494. The first kappa shape index (κ1) is 24.2. The van der Waals surface area contributed by atoms with Gasteiger partial charge in [-0.1, -0.05) is 59.6 Å². The number of carbonyl (C=O) groups excluding carboxylic acids is 2. The fraction of sp³-hybridized carbons (Fsp3) is 0.154. The summed E-state index contributed by atoms with van der Waals surface area (Å²) in [4.78, 5) is 26.9. The number of amides is 2. The number of rotatable bonds is 7. The van der Waals surface area contributed by atoms with E-state index in [9.17, 15) is 9.59 Å². The molecule has 0 bridgehead atoms. The van der Waals surface area contributed by atoms with Crippen LogP contribution in [0.3, 0.4) is 0 Å². The fourth-order valence-electron chi connectivity index (χ4n) is 3.45. The molecule has 1 aliphatic rings. The second-order valence-corrected chi connectivity index (χ2v) is 9.48. The van der Waals surface area contributed by atoms with Gasteiger partial charge in [0.2, 0.25) is 0 Å². The minimum atomic E-state index is -0.361. The lowest BCUT2D eigenvalue weighted by Crippen LogP contribution is -2.27. The van der Waals surface area contributed by atoms with Gasteiger partial charge in [-0.2, -0.15) is 0 Å². The van der Waals surface area contributed by atoms with Crippen molar-refractivity contribution in [2.75, 3.05) is 7.11 Å². The van der Waals surface area contributed by atoms with E-state index in [-0.39, 0.29) is 17.7 Å². The summed E-state index contributed by atoms with van der Waals surface area (Å²) in [6.45, 7) is 2.53. The van der Waals surface area contributed by atoms with Crippen molar-refractivity contribution in [3.05, 3.63) is 97.9 Å². The van der Waals surface area contributed by atoms with E-state index < -0.39 is 0 Å². The maximum absolute atomic E-state index is 12.9. The Bertz CT molecular complexity index is 1270. The molecule has 3 aromatic rings. The van der Waals surface area contributed by atoms with Crippen molar-refractivity contribution in [3.8, 4) is 11.5 Å². The number of nitrogens with zero attached hydrogens (tertiary/aromatic N) is 1. The summed E-state index contributed by atoms with van der Waals surface area (Å²) in [7, 11) is 1.52. The Morgan fingerprint density at radius 2 is 1.76 bits per heavy atom. The SMILES string of the molecule is COc1cc(/C=C2\SC(=O)N(Cc3ccc(Cl)cc3)C2=O)cc(Cl)c1OCc1ccccc1C. The van der Waals surface area contributed by atoms with E-state index in [1.54, 1.807) is 42.5 Å². The van der Waals surface area contributed by atoms with E-state index in [0.717, 1.165) is 28.5 Å².